The van der Waals surface area contributed by atoms with E-state index in [9.17, 15) is 22.8 Å². The van der Waals surface area contributed by atoms with Crippen LogP contribution in [-0.4, -0.2) is 42.8 Å². The first-order chi connectivity index (χ1) is 14.2. The molecule has 0 spiro atoms. The van der Waals surface area contributed by atoms with Gasteiger partial charge in [0.2, 0.25) is 0 Å². The molecule has 1 N–H and O–H groups in total. The molecule has 160 valence electrons. The van der Waals surface area contributed by atoms with E-state index in [1.54, 1.807) is 24.3 Å². The van der Waals surface area contributed by atoms with Gasteiger partial charge < -0.3 is 19.7 Å². The lowest BCUT2D eigenvalue weighted by molar-refractivity contribution is -0.275. The summed E-state index contributed by atoms with van der Waals surface area (Å²) >= 11 is 0. The number of nitrogens with one attached hydrogen (secondary N) is 1. The topological polar surface area (TPSA) is 67.9 Å². The standard InChI is InChI=1S/C21H21F3N2O4/c1-26(13-15-6-2-3-9-17(15)30-21(22,23)24)20(28)14-7-4-8-16(12-14)25-19(27)18-10-5-11-29-18/h2-4,6-9,12,18H,5,10-11,13H2,1H3,(H,25,27). The number of ether oxygens (including phenoxy) is 2. The van der Waals surface area contributed by atoms with Crippen LogP contribution in [0.15, 0.2) is 48.5 Å². The quantitative estimate of drug-likeness (QED) is 0.765. The number of carbonyl (C=O) groups is 2. The number of carbonyl (C=O) groups excluding carboxylic acids is 2. The summed E-state index contributed by atoms with van der Waals surface area (Å²) in [6.07, 6.45) is -3.86. The molecule has 3 rings (SSSR count). The average Bonchev–Trinajstić information content (AvgIpc) is 3.23. The number of anilines is 1. The van der Waals surface area contributed by atoms with Gasteiger partial charge in [0.1, 0.15) is 11.9 Å². The van der Waals surface area contributed by atoms with Gasteiger partial charge in [0.05, 0.1) is 0 Å². The van der Waals surface area contributed by atoms with E-state index in [0.29, 0.717) is 18.7 Å². The Balaban J connectivity index is 1.69. The molecule has 1 aliphatic heterocycles. The number of rotatable bonds is 6. The monoisotopic (exact) mass is 422 g/mol. The Hall–Kier alpha value is -3.07. The predicted molar refractivity (Wildman–Crippen MR) is 103 cm³/mol. The summed E-state index contributed by atoms with van der Waals surface area (Å²) in [4.78, 5) is 26.2. The molecule has 6 nitrogen and oxygen atoms in total. The molecular formula is C21H21F3N2O4. The highest BCUT2D eigenvalue weighted by atomic mass is 19.4. The molecule has 30 heavy (non-hydrogen) atoms. The SMILES string of the molecule is CN(Cc1ccccc1OC(F)(F)F)C(=O)c1cccc(NC(=O)C2CCCO2)c1. The van der Waals surface area contributed by atoms with Crippen LogP contribution >= 0.6 is 0 Å². The van der Waals surface area contributed by atoms with Crippen LogP contribution in [0.5, 0.6) is 5.75 Å². The third-order valence-corrected chi connectivity index (χ3v) is 4.55. The van der Waals surface area contributed by atoms with Crippen molar-refractivity contribution < 1.29 is 32.2 Å². The summed E-state index contributed by atoms with van der Waals surface area (Å²) in [7, 11) is 1.48. The van der Waals surface area contributed by atoms with Gasteiger partial charge in [0, 0.05) is 37.0 Å². The number of nitrogens with zero attached hydrogens (tertiary/aromatic N) is 1. The van der Waals surface area contributed by atoms with Gasteiger partial charge in [-0.05, 0) is 37.1 Å². The number of para-hydroxylation sites is 1. The predicted octanol–water partition coefficient (Wildman–Crippen LogP) is 3.97. The Morgan fingerprint density at radius 2 is 1.97 bits per heavy atom. The Bertz CT molecular complexity index is 911. The third kappa shape index (κ3) is 5.73. The van der Waals surface area contributed by atoms with E-state index in [1.807, 2.05) is 0 Å². The van der Waals surface area contributed by atoms with Gasteiger partial charge >= 0.3 is 6.36 Å². The summed E-state index contributed by atoms with van der Waals surface area (Å²) in [5.41, 5.74) is 0.945. The van der Waals surface area contributed by atoms with Gasteiger partial charge in [-0.15, -0.1) is 13.2 Å². The second kappa shape index (κ2) is 9.17. The van der Waals surface area contributed by atoms with Crippen molar-refractivity contribution in [3.63, 3.8) is 0 Å². The zero-order valence-corrected chi connectivity index (χ0v) is 16.2. The molecule has 1 saturated heterocycles. The molecule has 1 atom stereocenters. The maximum atomic E-state index is 12.8. The van der Waals surface area contributed by atoms with Crippen LogP contribution in [0.3, 0.4) is 0 Å². The normalized spacial score (nSPS) is 16.2. The molecule has 1 heterocycles. The number of hydrogen-bond donors (Lipinski definition) is 1. The molecule has 1 unspecified atom stereocenters. The summed E-state index contributed by atoms with van der Waals surface area (Å²) in [6.45, 7) is 0.457. The summed E-state index contributed by atoms with van der Waals surface area (Å²) < 4.78 is 47.2. The molecule has 0 radical (unpaired) electrons. The van der Waals surface area contributed by atoms with Crippen LogP contribution in [0.2, 0.25) is 0 Å². The van der Waals surface area contributed by atoms with Crippen LogP contribution in [-0.2, 0) is 16.1 Å². The van der Waals surface area contributed by atoms with Gasteiger partial charge in [0.25, 0.3) is 11.8 Å². The fourth-order valence-corrected chi connectivity index (χ4v) is 3.14. The molecule has 1 fully saturated rings. The van der Waals surface area contributed by atoms with Crippen LogP contribution in [0, 0.1) is 0 Å². The Morgan fingerprint density at radius 1 is 1.20 bits per heavy atom. The van der Waals surface area contributed by atoms with E-state index < -0.39 is 18.4 Å². The maximum Gasteiger partial charge on any atom is 0.573 e. The molecule has 0 bridgehead atoms. The lowest BCUT2D eigenvalue weighted by atomic mass is 10.1. The minimum absolute atomic E-state index is 0.0857. The lowest BCUT2D eigenvalue weighted by Gasteiger charge is -2.20. The first-order valence-electron chi connectivity index (χ1n) is 9.34. The van der Waals surface area contributed by atoms with Gasteiger partial charge in [-0.25, -0.2) is 0 Å². The van der Waals surface area contributed by atoms with Crippen molar-refractivity contribution in [3.8, 4) is 5.75 Å². The highest BCUT2D eigenvalue weighted by Gasteiger charge is 2.32. The van der Waals surface area contributed by atoms with E-state index in [1.165, 1.54) is 36.2 Å². The number of alkyl halides is 3. The smallest absolute Gasteiger partial charge is 0.405 e. The zero-order valence-electron chi connectivity index (χ0n) is 16.2. The van der Waals surface area contributed by atoms with Gasteiger partial charge in [-0.2, -0.15) is 0 Å². The minimum Gasteiger partial charge on any atom is -0.405 e. The molecule has 0 aromatic heterocycles. The fourth-order valence-electron chi connectivity index (χ4n) is 3.14. The van der Waals surface area contributed by atoms with Crippen molar-refractivity contribution in [1.82, 2.24) is 4.90 Å². The van der Waals surface area contributed by atoms with Crippen molar-refractivity contribution >= 4 is 17.5 Å². The molecule has 2 aromatic rings. The molecule has 2 amide bonds. The van der Waals surface area contributed by atoms with Crippen LogP contribution in [0.1, 0.15) is 28.8 Å². The van der Waals surface area contributed by atoms with E-state index in [0.717, 1.165) is 6.42 Å². The molecule has 2 aromatic carbocycles. The second-order valence-corrected chi connectivity index (χ2v) is 6.89. The Labute approximate surface area is 171 Å². The molecule has 1 aliphatic rings. The number of halogens is 3. The minimum atomic E-state index is -4.83. The highest BCUT2D eigenvalue weighted by molar-refractivity contribution is 5.98. The summed E-state index contributed by atoms with van der Waals surface area (Å²) in [5.74, 6) is -1.05. The largest absolute Gasteiger partial charge is 0.573 e. The summed E-state index contributed by atoms with van der Waals surface area (Å²) in [6, 6.07) is 12.0. The highest BCUT2D eigenvalue weighted by Crippen LogP contribution is 2.27. The van der Waals surface area contributed by atoms with Crippen molar-refractivity contribution in [2.24, 2.45) is 0 Å². The molecule has 0 saturated carbocycles. The van der Waals surface area contributed by atoms with Crippen LogP contribution in [0.25, 0.3) is 0 Å². The number of hydrogen-bond acceptors (Lipinski definition) is 4. The fraction of sp³-hybridized carbons (Fsp3) is 0.333. The second-order valence-electron chi connectivity index (χ2n) is 6.89. The molecule has 0 aliphatic carbocycles. The van der Waals surface area contributed by atoms with E-state index in [2.05, 4.69) is 10.1 Å². The number of amides is 2. The molecular weight excluding hydrogens is 401 g/mol. The molecule has 9 heteroatoms. The van der Waals surface area contributed by atoms with Crippen molar-refractivity contribution in [1.29, 1.82) is 0 Å². The van der Waals surface area contributed by atoms with Gasteiger partial charge in [-0.3, -0.25) is 9.59 Å². The Kier molecular flexibility index (Phi) is 6.61. The zero-order chi connectivity index (χ0) is 21.7. The van der Waals surface area contributed by atoms with Crippen LogP contribution in [0.4, 0.5) is 18.9 Å². The lowest BCUT2D eigenvalue weighted by Crippen LogP contribution is -2.28. The van der Waals surface area contributed by atoms with Crippen molar-refractivity contribution in [3.05, 3.63) is 59.7 Å². The van der Waals surface area contributed by atoms with E-state index in [4.69, 9.17) is 4.74 Å². The van der Waals surface area contributed by atoms with Crippen LogP contribution < -0.4 is 10.1 Å². The summed E-state index contributed by atoms with van der Waals surface area (Å²) in [5, 5.41) is 2.72. The Morgan fingerprint density at radius 3 is 2.67 bits per heavy atom. The average molecular weight is 422 g/mol. The first kappa shape index (κ1) is 21.6. The maximum absolute atomic E-state index is 12.8. The number of benzene rings is 2. The van der Waals surface area contributed by atoms with Crippen molar-refractivity contribution in [2.45, 2.75) is 31.9 Å². The van der Waals surface area contributed by atoms with Crippen molar-refractivity contribution in [2.75, 3.05) is 19.0 Å². The first-order valence-corrected chi connectivity index (χ1v) is 9.34. The van der Waals surface area contributed by atoms with Gasteiger partial charge in [0.15, 0.2) is 0 Å². The van der Waals surface area contributed by atoms with E-state index in [-0.39, 0.29) is 29.3 Å². The third-order valence-electron chi connectivity index (χ3n) is 4.55. The van der Waals surface area contributed by atoms with E-state index >= 15 is 0 Å². The van der Waals surface area contributed by atoms with Gasteiger partial charge in [-0.1, -0.05) is 24.3 Å².